The molecule has 3 aromatic rings. The van der Waals surface area contributed by atoms with Gasteiger partial charge in [0.05, 0.1) is 20.4 Å². The van der Waals surface area contributed by atoms with Crippen LogP contribution < -0.4 is 10.9 Å². The molecule has 0 fully saturated rings. The lowest BCUT2D eigenvalue weighted by Crippen LogP contribution is -2.44. The Balaban J connectivity index is 1.60. The number of aromatic nitrogens is 1. The molecule has 2 N–H and O–H groups in total. The first-order valence-electron chi connectivity index (χ1n) is 7.81. The molecule has 10 heteroatoms. The van der Waals surface area contributed by atoms with E-state index in [9.17, 15) is 19.7 Å². The third-order valence-electron chi connectivity index (χ3n) is 3.55. The Kier molecular flexibility index (Phi) is 5.67. The maximum absolute atomic E-state index is 12.2. The Hall–Kier alpha value is -2.98. The number of fused-ring (bicyclic) bond motifs is 1. The van der Waals surface area contributed by atoms with Crippen LogP contribution in [0.3, 0.4) is 0 Å². The number of amides is 2. The minimum Gasteiger partial charge on any atom is -0.272 e. The minimum atomic E-state index is -0.517. The van der Waals surface area contributed by atoms with E-state index in [1.165, 1.54) is 35.2 Å². The molecule has 1 atom stereocenters. The molecule has 1 heterocycles. The molecule has 0 aliphatic heterocycles. The van der Waals surface area contributed by atoms with E-state index in [2.05, 4.69) is 15.8 Å². The molecule has 0 unspecified atom stereocenters. The van der Waals surface area contributed by atoms with Crippen LogP contribution in [0.5, 0.6) is 0 Å². The van der Waals surface area contributed by atoms with E-state index in [1.54, 1.807) is 43.3 Å². The molecule has 0 spiro atoms. The van der Waals surface area contributed by atoms with E-state index in [0.29, 0.717) is 20.1 Å². The fraction of sp³-hybridized carbons (Fsp3) is 0.118. The number of nitrogens with one attached hydrogen (secondary N) is 2. The lowest BCUT2D eigenvalue weighted by Gasteiger charge is -2.11. The standard InChI is InChI=1S/C17H14N4O4S2/c1-10(15(22)19-20-16(23)11-5-3-2-4-6-11)26-17-18-13-8-7-12(21(24)25)9-14(13)27-17/h2-10H,1H3,(H,19,22)(H,20,23)/t10-/m1/s1. The number of nitro benzene ring substituents is 1. The predicted molar refractivity (Wildman–Crippen MR) is 104 cm³/mol. The number of hydrogen-bond donors (Lipinski definition) is 2. The third-order valence-corrected chi connectivity index (χ3v) is 5.76. The maximum atomic E-state index is 12.2. The van der Waals surface area contributed by atoms with Gasteiger partial charge in [-0.2, -0.15) is 0 Å². The van der Waals surface area contributed by atoms with Gasteiger partial charge in [-0.1, -0.05) is 30.0 Å². The molecule has 0 saturated heterocycles. The predicted octanol–water partition coefficient (Wildman–Crippen LogP) is 3.15. The van der Waals surface area contributed by atoms with Crippen LogP contribution in [-0.2, 0) is 4.79 Å². The first kappa shape index (κ1) is 18.8. The molecule has 27 heavy (non-hydrogen) atoms. The molecule has 0 radical (unpaired) electrons. The van der Waals surface area contributed by atoms with Gasteiger partial charge < -0.3 is 0 Å². The van der Waals surface area contributed by atoms with Crippen LogP contribution in [0.25, 0.3) is 10.2 Å². The normalized spacial score (nSPS) is 11.7. The molecule has 0 saturated carbocycles. The van der Waals surface area contributed by atoms with Gasteiger partial charge in [-0.3, -0.25) is 30.6 Å². The second-order valence-corrected chi connectivity index (χ2v) is 8.08. The van der Waals surface area contributed by atoms with Crippen LogP contribution in [0.15, 0.2) is 52.9 Å². The molecule has 0 aliphatic carbocycles. The Morgan fingerprint density at radius 3 is 2.63 bits per heavy atom. The number of carbonyl (C=O) groups is 2. The molecule has 0 bridgehead atoms. The zero-order chi connectivity index (χ0) is 19.4. The number of rotatable bonds is 5. The van der Waals surface area contributed by atoms with Crippen molar-refractivity contribution in [3.05, 3.63) is 64.2 Å². The second-order valence-electron chi connectivity index (χ2n) is 5.46. The lowest BCUT2D eigenvalue weighted by molar-refractivity contribution is -0.384. The van der Waals surface area contributed by atoms with Crippen molar-refractivity contribution in [3.63, 3.8) is 0 Å². The zero-order valence-electron chi connectivity index (χ0n) is 14.0. The molecule has 2 aromatic carbocycles. The largest absolute Gasteiger partial charge is 0.272 e. The average Bonchev–Trinajstić information content (AvgIpc) is 3.07. The number of nitrogens with zero attached hydrogens (tertiary/aromatic N) is 2. The Morgan fingerprint density at radius 2 is 1.93 bits per heavy atom. The number of thioether (sulfide) groups is 1. The number of nitro groups is 1. The van der Waals surface area contributed by atoms with Crippen LogP contribution in [-0.4, -0.2) is 27.0 Å². The van der Waals surface area contributed by atoms with Crippen molar-refractivity contribution in [2.75, 3.05) is 0 Å². The smallest absolute Gasteiger partial charge is 0.270 e. The fourth-order valence-corrected chi connectivity index (χ4v) is 4.39. The van der Waals surface area contributed by atoms with Crippen molar-refractivity contribution in [2.24, 2.45) is 0 Å². The van der Waals surface area contributed by atoms with Gasteiger partial charge in [-0.25, -0.2) is 4.98 Å². The monoisotopic (exact) mass is 402 g/mol. The van der Waals surface area contributed by atoms with Gasteiger partial charge in [-0.05, 0) is 25.1 Å². The molecule has 0 aliphatic rings. The van der Waals surface area contributed by atoms with Crippen molar-refractivity contribution in [2.45, 2.75) is 16.5 Å². The highest BCUT2D eigenvalue weighted by Crippen LogP contribution is 2.33. The summed E-state index contributed by atoms with van der Waals surface area (Å²) in [6, 6.07) is 13.0. The summed E-state index contributed by atoms with van der Waals surface area (Å²) in [5.74, 6) is -0.789. The Morgan fingerprint density at radius 1 is 1.19 bits per heavy atom. The molecule has 2 amide bonds. The van der Waals surface area contributed by atoms with E-state index in [4.69, 9.17) is 0 Å². The summed E-state index contributed by atoms with van der Waals surface area (Å²) in [5, 5.41) is 10.3. The SMILES string of the molecule is C[C@@H](Sc1nc2ccc([N+](=O)[O-])cc2s1)C(=O)NNC(=O)c1ccccc1. The van der Waals surface area contributed by atoms with Crippen molar-refractivity contribution in [1.29, 1.82) is 0 Å². The number of non-ortho nitro benzene ring substituents is 1. The van der Waals surface area contributed by atoms with Gasteiger partial charge in [0.2, 0.25) is 0 Å². The first-order valence-corrected chi connectivity index (χ1v) is 9.50. The van der Waals surface area contributed by atoms with Gasteiger partial charge in [0.15, 0.2) is 4.34 Å². The van der Waals surface area contributed by atoms with Crippen LogP contribution >= 0.6 is 23.1 Å². The summed E-state index contributed by atoms with van der Waals surface area (Å²) in [6.45, 7) is 1.68. The highest BCUT2D eigenvalue weighted by Gasteiger charge is 2.18. The number of thiazole rings is 1. The highest BCUT2D eigenvalue weighted by atomic mass is 32.2. The number of hydrogen-bond acceptors (Lipinski definition) is 7. The Bertz CT molecular complexity index is 1010. The number of hydrazine groups is 1. The minimum absolute atomic E-state index is 0.00267. The van der Waals surface area contributed by atoms with E-state index in [0.717, 1.165) is 0 Å². The highest BCUT2D eigenvalue weighted by molar-refractivity contribution is 8.02. The van der Waals surface area contributed by atoms with Crippen LogP contribution in [0.2, 0.25) is 0 Å². The van der Waals surface area contributed by atoms with Crippen molar-refractivity contribution >= 4 is 50.8 Å². The average molecular weight is 402 g/mol. The topological polar surface area (TPSA) is 114 Å². The maximum Gasteiger partial charge on any atom is 0.270 e. The van der Waals surface area contributed by atoms with Crippen molar-refractivity contribution in [3.8, 4) is 0 Å². The Labute approximate surface area is 162 Å². The van der Waals surface area contributed by atoms with Crippen molar-refractivity contribution in [1.82, 2.24) is 15.8 Å². The van der Waals surface area contributed by atoms with Gasteiger partial charge in [-0.15, -0.1) is 11.3 Å². The number of benzene rings is 2. The van der Waals surface area contributed by atoms with Gasteiger partial charge in [0.1, 0.15) is 0 Å². The summed E-state index contributed by atoms with van der Waals surface area (Å²) < 4.78 is 1.29. The van der Waals surface area contributed by atoms with Gasteiger partial charge in [0, 0.05) is 17.7 Å². The summed E-state index contributed by atoms with van der Waals surface area (Å²) in [6.07, 6.45) is 0. The lowest BCUT2D eigenvalue weighted by atomic mass is 10.2. The van der Waals surface area contributed by atoms with Crippen LogP contribution in [0.1, 0.15) is 17.3 Å². The zero-order valence-corrected chi connectivity index (χ0v) is 15.7. The van der Waals surface area contributed by atoms with Gasteiger partial charge in [0.25, 0.3) is 17.5 Å². The van der Waals surface area contributed by atoms with Gasteiger partial charge >= 0.3 is 0 Å². The summed E-state index contributed by atoms with van der Waals surface area (Å²) in [7, 11) is 0. The van der Waals surface area contributed by atoms with E-state index >= 15 is 0 Å². The summed E-state index contributed by atoms with van der Waals surface area (Å²) in [5.41, 5.74) is 5.83. The number of carbonyl (C=O) groups excluding carboxylic acids is 2. The first-order chi connectivity index (χ1) is 12.9. The summed E-state index contributed by atoms with van der Waals surface area (Å²) in [4.78, 5) is 38.9. The second kappa shape index (κ2) is 8.14. The molecular formula is C17H14N4O4S2. The van der Waals surface area contributed by atoms with Crippen LogP contribution in [0, 0.1) is 10.1 Å². The third kappa shape index (κ3) is 4.60. The van der Waals surface area contributed by atoms with E-state index < -0.39 is 16.1 Å². The van der Waals surface area contributed by atoms with Crippen LogP contribution in [0.4, 0.5) is 5.69 Å². The molecule has 138 valence electrons. The quantitative estimate of drug-likeness (QED) is 0.385. The van der Waals surface area contributed by atoms with E-state index in [-0.39, 0.29) is 11.6 Å². The fourth-order valence-electron chi connectivity index (χ4n) is 2.14. The summed E-state index contributed by atoms with van der Waals surface area (Å²) >= 11 is 2.49. The molecular weight excluding hydrogens is 388 g/mol. The molecule has 1 aromatic heterocycles. The molecule has 8 nitrogen and oxygen atoms in total. The van der Waals surface area contributed by atoms with E-state index in [1.807, 2.05) is 0 Å². The molecule has 3 rings (SSSR count). The van der Waals surface area contributed by atoms with Crippen molar-refractivity contribution < 1.29 is 14.5 Å².